The van der Waals surface area contributed by atoms with Gasteiger partial charge in [0.15, 0.2) is 0 Å². The highest BCUT2D eigenvalue weighted by Crippen LogP contribution is 2.15. The van der Waals surface area contributed by atoms with Crippen molar-refractivity contribution in [3.05, 3.63) is 30.1 Å². The highest BCUT2D eigenvalue weighted by atomic mass is 19.1. The number of nitrogens with one attached hydrogen (secondary N) is 2. The molecule has 0 bridgehead atoms. The van der Waals surface area contributed by atoms with E-state index in [1.54, 1.807) is 12.1 Å². The van der Waals surface area contributed by atoms with Crippen LogP contribution in [-0.4, -0.2) is 19.5 Å². The van der Waals surface area contributed by atoms with Crippen LogP contribution >= 0.6 is 0 Å². The molecule has 1 rings (SSSR count). The SMILES string of the molecule is CNCC(C)CC(C)C(=O)Nc1ccc(F)cc1. The second kappa shape index (κ2) is 7.11. The number of carbonyl (C=O) groups excluding carboxylic acids is 1. The third kappa shape index (κ3) is 4.84. The lowest BCUT2D eigenvalue weighted by Crippen LogP contribution is -2.25. The van der Waals surface area contributed by atoms with Crippen LogP contribution in [0.1, 0.15) is 20.3 Å². The Morgan fingerprint density at radius 2 is 1.89 bits per heavy atom. The average molecular weight is 252 g/mol. The van der Waals surface area contributed by atoms with Gasteiger partial charge in [-0.3, -0.25) is 4.79 Å². The number of anilines is 1. The normalized spacial score (nSPS) is 14.0. The maximum atomic E-state index is 12.7. The van der Waals surface area contributed by atoms with Crippen LogP contribution in [0.15, 0.2) is 24.3 Å². The van der Waals surface area contributed by atoms with Crippen LogP contribution in [0.2, 0.25) is 0 Å². The summed E-state index contributed by atoms with van der Waals surface area (Å²) in [5.41, 5.74) is 0.634. The lowest BCUT2D eigenvalue weighted by atomic mass is 9.96. The van der Waals surface area contributed by atoms with Crippen molar-refractivity contribution >= 4 is 11.6 Å². The van der Waals surface area contributed by atoms with E-state index in [2.05, 4.69) is 17.6 Å². The monoisotopic (exact) mass is 252 g/mol. The summed E-state index contributed by atoms with van der Waals surface area (Å²) in [6, 6.07) is 5.81. The summed E-state index contributed by atoms with van der Waals surface area (Å²) < 4.78 is 12.7. The highest BCUT2D eigenvalue weighted by Gasteiger charge is 2.16. The van der Waals surface area contributed by atoms with Gasteiger partial charge in [0, 0.05) is 11.6 Å². The predicted octanol–water partition coefficient (Wildman–Crippen LogP) is 2.65. The third-order valence-corrected chi connectivity index (χ3v) is 2.87. The van der Waals surface area contributed by atoms with E-state index in [4.69, 9.17) is 0 Å². The van der Waals surface area contributed by atoms with Gasteiger partial charge in [0.1, 0.15) is 5.82 Å². The van der Waals surface area contributed by atoms with Crippen molar-refractivity contribution in [2.24, 2.45) is 11.8 Å². The van der Waals surface area contributed by atoms with Crippen molar-refractivity contribution < 1.29 is 9.18 Å². The zero-order chi connectivity index (χ0) is 13.5. The molecule has 2 N–H and O–H groups in total. The predicted molar refractivity (Wildman–Crippen MR) is 71.9 cm³/mol. The molecule has 2 atom stereocenters. The molecule has 0 aromatic heterocycles. The van der Waals surface area contributed by atoms with Gasteiger partial charge in [0.05, 0.1) is 0 Å². The Balaban J connectivity index is 2.46. The molecule has 2 unspecified atom stereocenters. The van der Waals surface area contributed by atoms with E-state index in [1.165, 1.54) is 12.1 Å². The second-order valence-electron chi connectivity index (χ2n) is 4.80. The van der Waals surface area contributed by atoms with E-state index >= 15 is 0 Å². The van der Waals surface area contributed by atoms with E-state index in [-0.39, 0.29) is 17.6 Å². The number of hydrogen-bond acceptors (Lipinski definition) is 2. The molecule has 1 aromatic carbocycles. The molecule has 0 aliphatic carbocycles. The molecule has 18 heavy (non-hydrogen) atoms. The molecular formula is C14H21FN2O. The van der Waals surface area contributed by atoms with Gasteiger partial charge >= 0.3 is 0 Å². The number of benzene rings is 1. The molecule has 4 heteroatoms. The first-order valence-corrected chi connectivity index (χ1v) is 6.24. The molecule has 0 radical (unpaired) electrons. The topological polar surface area (TPSA) is 41.1 Å². The molecular weight excluding hydrogens is 231 g/mol. The number of halogens is 1. The third-order valence-electron chi connectivity index (χ3n) is 2.87. The fraction of sp³-hybridized carbons (Fsp3) is 0.500. The van der Waals surface area contributed by atoms with Crippen molar-refractivity contribution in [1.82, 2.24) is 5.32 Å². The molecule has 0 heterocycles. The number of amides is 1. The van der Waals surface area contributed by atoms with Crippen LogP contribution in [0.25, 0.3) is 0 Å². The first kappa shape index (κ1) is 14.6. The summed E-state index contributed by atoms with van der Waals surface area (Å²) in [6.45, 7) is 4.91. The van der Waals surface area contributed by atoms with Crippen molar-refractivity contribution in [3.8, 4) is 0 Å². The van der Waals surface area contributed by atoms with Gasteiger partial charge in [-0.15, -0.1) is 0 Å². The van der Waals surface area contributed by atoms with Gasteiger partial charge < -0.3 is 10.6 Å². The Morgan fingerprint density at radius 3 is 2.44 bits per heavy atom. The summed E-state index contributed by atoms with van der Waals surface area (Å²) in [6.07, 6.45) is 0.827. The summed E-state index contributed by atoms with van der Waals surface area (Å²) in [7, 11) is 1.90. The zero-order valence-corrected chi connectivity index (χ0v) is 11.2. The van der Waals surface area contributed by atoms with Gasteiger partial charge in [-0.2, -0.15) is 0 Å². The zero-order valence-electron chi connectivity index (χ0n) is 11.2. The first-order chi connectivity index (χ1) is 8.52. The molecule has 3 nitrogen and oxygen atoms in total. The van der Waals surface area contributed by atoms with Crippen molar-refractivity contribution in [1.29, 1.82) is 0 Å². The van der Waals surface area contributed by atoms with Gasteiger partial charge in [-0.25, -0.2) is 4.39 Å². The number of hydrogen-bond donors (Lipinski definition) is 2. The Hall–Kier alpha value is -1.42. The molecule has 1 aromatic rings. The minimum Gasteiger partial charge on any atom is -0.326 e. The van der Waals surface area contributed by atoms with E-state index in [9.17, 15) is 9.18 Å². The van der Waals surface area contributed by atoms with Gasteiger partial charge in [0.25, 0.3) is 0 Å². The molecule has 100 valence electrons. The molecule has 0 aliphatic rings. The van der Waals surface area contributed by atoms with Crippen molar-refractivity contribution in [2.75, 3.05) is 18.9 Å². The van der Waals surface area contributed by atoms with Crippen LogP contribution in [0, 0.1) is 17.7 Å². The van der Waals surface area contributed by atoms with E-state index in [1.807, 2.05) is 14.0 Å². The summed E-state index contributed by atoms with van der Waals surface area (Å²) >= 11 is 0. The molecule has 0 spiro atoms. The van der Waals surface area contributed by atoms with Crippen LogP contribution < -0.4 is 10.6 Å². The Morgan fingerprint density at radius 1 is 1.28 bits per heavy atom. The lowest BCUT2D eigenvalue weighted by molar-refractivity contribution is -0.119. The largest absolute Gasteiger partial charge is 0.326 e. The standard InChI is InChI=1S/C14H21FN2O/c1-10(9-16-3)8-11(2)14(18)17-13-6-4-12(15)5-7-13/h4-7,10-11,16H,8-9H2,1-3H3,(H,17,18). The maximum absolute atomic E-state index is 12.7. The van der Waals surface area contributed by atoms with Crippen molar-refractivity contribution in [2.45, 2.75) is 20.3 Å². The minimum atomic E-state index is -0.302. The summed E-state index contributed by atoms with van der Waals surface area (Å²) in [4.78, 5) is 11.9. The van der Waals surface area contributed by atoms with Crippen LogP contribution in [0.3, 0.4) is 0 Å². The number of carbonyl (C=O) groups is 1. The Kier molecular flexibility index (Phi) is 5.78. The Labute approximate surface area is 108 Å². The van der Waals surface area contributed by atoms with Gasteiger partial charge in [-0.05, 0) is 50.2 Å². The van der Waals surface area contributed by atoms with Crippen LogP contribution in [0.5, 0.6) is 0 Å². The smallest absolute Gasteiger partial charge is 0.227 e. The van der Waals surface area contributed by atoms with Crippen LogP contribution in [-0.2, 0) is 4.79 Å². The quantitative estimate of drug-likeness (QED) is 0.817. The van der Waals surface area contributed by atoms with Gasteiger partial charge in [0.2, 0.25) is 5.91 Å². The van der Waals surface area contributed by atoms with Crippen molar-refractivity contribution in [3.63, 3.8) is 0 Å². The fourth-order valence-corrected chi connectivity index (χ4v) is 1.94. The molecule has 1 amide bonds. The highest BCUT2D eigenvalue weighted by molar-refractivity contribution is 5.92. The molecule has 0 aliphatic heterocycles. The maximum Gasteiger partial charge on any atom is 0.227 e. The molecule has 0 saturated heterocycles. The van der Waals surface area contributed by atoms with E-state index < -0.39 is 0 Å². The molecule has 0 saturated carbocycles. The minimum absolute atomic E-state index is 0.0236. The molecule has 0 fully saturated rings. The van der Waals surface area contributed by atoms with Crippen LogP contribution in [0.4, 0.5) is 10.1 Å². The first-order valence-electron chi connectivity index (χ1n) is 6.24. The summed E-state index contributed by atoms with van der Waals surface area (Å²) in [5, 5.41) is 5.88. The summed E-state index contributed by atoms with van der Waals surface area (Å²) in [5.74, 6) is 0.0654. The lowest BCUT2D eigenvalue weighted by Gasteiger charge is -2.16. The average Bonchev–Trinajstić information content (AvgIpc) is 2.32. The number of rotatable bonds is 6. The van der Waals surface area contributed by atoms with E-state index in [0.717, 1.165) is 13.0 Å². The fourth-order valence-electron chi connectivity index (χ4n) is 1.94. The second-order valence-corrected chi connectivity index (χ2v) is 4.80. The Bertz CT molecular complexity index is 378. The van der Waals surface area contributed by atoms with Gasteiger partial charge in [-0.1, -0.05) is 13.8 Å². The van der Waals surface area contributed by atoms with E-state index in [0.29, 0.717) is 11.6 Å².